The number of carbonyl (C=O) groups is 4. The standard InChI is InChI=1S/C23H25N3O7/c1-32-13-19(22(29)30)26-21(28)11-24-20(27)10-25-23(31)33-12-18-16-8-4-2-6-14(16)15-7-3-5-9-17(15)18/h2-9,18-19H,10-13H2,1H3,(H,24,27)(H,25,31)(H,26,28)(H,29,30). The Bertz CT molecular complexity index is 995. The molecule has 0 spiro atoms. The Morgan fingerprint density at radius 1 is 0.909 bits per heavy atom. The summed E-state index contributed by atoms with van der Waals surface area (Å²) >= 11 is 0. The van der Waals surface area contributed by atoms with E-state index in [0.717, 1.165) is 22.3 Å². The zero-order chi connectivity index (χ0) is 23.8. The normalized spacial score (nSPS) is 12.8. The van der Waals surface area contributed by atoms with Crippen LogP contribution in [0.3, 0.4) is 0 Å². The number of carboxylic acid groups (broad SMARTS) is 1. The van der Waals surface area contributed by atoms with Crippen LogP contribution in [0.1, 0.15) is 17.0 Å². The van der Waals surface area contributed by atoms with E-state index in [2.05, 4.69) is 16.0 Å². The molecular formula is C23H25N3O7. The largest absolute Gasteiger partial charge is 0.480 e. The molecule has 174 valence electrons. The van der Waals surface area contributed by atoms with Gasteiger partial charge in [-0.25, -0.2) is 9.59 Å². The van der Waals surface area contributed by atoms with E-state index in [0.29, 0.717) is 0 Å². The summed E-state index contributed by atoms with van der Waals surface area (Å²) in [5.41, 5.74) is 4.36. The molecular weight excluding hydrogens is 430 g/mol. The minimum atomic E-state index is -1.26. The van der Waals surface area contributed by atoms with Crippen molar-refractivity contribution in [1.82, 2.24) is 16.0 Å². The number of nitrogens with one attached hydrogen (secondary N) is 3. The zero-order valence-electron chi connectivity index (χ0n) is 18.0. The first-order chi connectivity index (χ1) is 15.9. The number of benzene rings is 2. The third-order valence-electron chi connectivity index (χ3n) is 5.15. The molecule has 1 atom stereocenters. The van der Waals surface area contributed by atoms with E-state index >= 15 is 0 Å². The van der Waals surface area contributed by atoms with Gasteiger partial charge in [0, 0.05) is 13.0 Å². The van der Waals surface area contributed by atoms with Gasteiger partial charge in [-0.3, -0.25) is 9.59 Å². The lowest BCUT2D eigenvalue weighted by molar-refractivity contribution is -0.143. The number of rotatable bonds is 10. The van der Waals surface area contributed by atoms with Gasteiger partial charge in [-0.1, -0.05) is 48.5 Å². The summed E-state index contributed by atoms with van der Waals surface area (Å²) < 4.78 is 10.0. The number of aliphatic carboxylic acids is 1. The molecule has 10 heteroatoms. The van der Waals surface area contributed by atoms with Crippen LogP contribution in [0.25, 0.3) is 11.1 Å². The van der Waals surface area contributed by atoms with Crippen molar-refractivity contribution in [3.05, 3.63) is 59.7 Å². The fraction of sp³-hybridized carbons (Fsp3) is 0.304. The third kappa shape index (κ3) is 6.07. The molecule has 0 radical (unpaired) electrons. The highest BCUT2D eigenvalue weighted by atomic mass is 16.5. The number of hydrogen-bond acceptors (Lipinski definition) is 6. The Hall–Kier alpha value is -3.92. The average molecular weight is 455 g/mol. The van der Waals surface area contributed by atoms with Crippen LogP contribution in [0.15, 0.2) is 48.5 Å². The van der Waals surface area contributed by atoms with Crippen molar-refractivity contribution in [2.75, 3.05) is 33.4 Å². The number of carboxylic acids is 1. The van der Waals surface area contributed by atoms with Crippen LogP contribution in [0.2, 0.25) is 0 Å². The molecule has 1 aliphatic rings. The van der Waals surface area contributed by atoms with E-state index in [9.17, 15) is 19.2 Å². The minimum absolute atomic E-state index is 0.102. The summed E-state index contributed by atoms with van der Waals surface area (Å²) in [6.45, 7) is -0.943. The third-order valence-corrected chi connectivity index (χ3v) is 5.15. The number of carbonyl (C=O) groups excluding carboxylic acids is 3. The predicted octanol–water partition coefficient (Wildman–Crippen LogP) is 0.857. The molecule has 1 unspecified atom stereocenters. The number of ether oxygens (including phenoxy) is 2. The Morgan fingerprint density at radius 3 is 2.06 bits per heavy atom. The van der Waals surface area contributed by atoms with Crippen molar-refractivity contribution in [2.45, 2.75) is 12.0 Å². The van der Waals surface area contributed by atoms with Gasteiger partial charge >= 0.3 is 12.1 Å². The van der Waals surface area contributed by atoms with Crippen molar-refractivity contribution in [2.24, 2.45) is 0 Å². The molecule has 2 aromatic rings. The Morgan fingerprint density at radius 2 is 1.48 bits per heavy atom. The van der Waals surface area contributed by atoms with Gasteiger partial charge in [-0.05, 0) is 22.3 Å². The predicted molar refractivity (Wildman–Crippen MR) is 118 cm³/mol. The van der Waals surface area contributed by atoms with Gasteiger partial charge in [0.05, 0.1) is 13.2 Å². The summed E-state index contributed by atoms with van der Waals surface area (Å²) in [5.74, 6) is -2.69. The highest BCUT2D eigenvalue weighted by molar-refractivity contribution is 5.89. The van der Waals surface area contributed by atoms with Crippen molar-refractivity contribution in [3.63, 3.8) is 0 Å². The summed E-state index contributed by atoms with van der Waals surface area (Å²) in [5, 5.41) is 15.8. The van der Waals surface area contributed by atoms with E-state index < -0.39 is 43.0 Å². The maximum Gasteiger partial charge on any atom is 0.407 e. The van der Waals surface area contributed by atoms with E-state index in [1.807, 2.05) is 48.5 Å². The molecule has 2 aromatic carbocycles. The summed E-state index contributed by atoms with van der Waals surface area (Å²) in [4.78, 5) is 46.7. The molecule has 0 heterocycles. The SMILES string of the molecule is COCC(NC(=O)CNC(=O)CNC(=O)OCC1c2ccccc2-c2ccccc21)C(=O)O. The number of fused-ring (bicyclic) bond motifs is 3. The Labute approximate surface area is 190 Å². The highest BCUT2D eigenvalue weighted by Crippen LogP contribution is 2.44. The smallest absolute Gasteiger partial charge is 0.407 e. The van der Waals surface area contributed by atoms with Crippen molar-refractivity contribution >= 4 is 23.9 Å². The molecule has 0 saturated carbocycles. The van der Waals surface area contributed by atoms with Crippen LogP contribution in [-0.4, -0.2) is 68.4 Å². The van der Waals surface area contributed by atoms with Crippen LogP contribution in [-0.2, 0) is 23.9 Å². The highest BCUT2D eigenvalue weighted by Gasteiger charge is 2.29. The first-order valence-electron chi connectivity index (χ1n) is 10.3. The molecule has 4 N–H and O–H groups in total. The topological polar surface area (TPSA) is 143 Å². The maximum absolute atomic E-state index is 12.1. The van der Waals surface area contributed by atoms with Gasteiger partial charge in [0.25, 0.3) is 0 Å². The summed E-state index contributed by atoms with van der Waals surface area (Å²) in [6, 6.07) is 14.6. The lowest BCUT2D eigenvalue weighted by Gasteiger charge is -2.15. The first-order valence-corrected chi connectivity index (χ1v) is 10.3. The van der Waals surface area contributed by atoms with E-state index in [1.54, 1.807) is 0 Å². The Kier molecular flexibility index (Phi) is 7.98. The molecule has 0 aliphatic heterocycles. The van der Waals surface area contributed by atoms with Gasteiger partial charge < -0.3 is 30.5 Å². The van der Waals surface area contributed by atoms with E-state index in [4.69, 9.17) is 14.6 Å². The lowest BCUT2D eigenvalue weighted by atomic mass is 9.98. The molecule has 0 bridgehead atoms. The van der Waals surface area contributed by atoms with Crippen LogP contribution in [0.5, 0.6) is 0 Å². The van der Waals surface area contributed by atoms with Crippen LogP contribution < -0.4 is 16.0 Å². The molecule has 0 aromatic heterocycles. The number of alkyl carbamates (subject to hydrolysis) is 1. The van der Waals surface area contributed by atoms with Gasteiger partial charge in [-0.2, -0.15) is 0 Å². The second-order valence-electron chi connectivity index (χ2n) is 7.37. The quantitative estimate of drug-likeness (QED) is 0.416. The van der Waals surface area contributed by atoms with E-state index in [1.165, 1.54) is 7.11 Å². The van der Waals surface area contributed by atoms with Crippen LogP contribution in [0, 0.1) is 0 Å². The van der Waals surface area contributed by atoms with Gasteiger partial charge in [0.15, 0.2) is 6.04 Å². The van der Waals surface area contributed by atoms with Crippen LogP contribution >= 0.6 is 0 Å². The fourth-order valence-electron chi connectivity index (χ4n) is 3.63. The second-order valence-corrected chi connectivity index (χ2v) is 7.37. The molecule has 3 amide bonds. The van der Waals surface area contributed by atoms with E-state index in [-0.39, 0.29) is 19.1 Å². The molecule has 0 fully saturated rings. The number of hydrogen-bond donors (Lipinski definition) is 4. The fourth-order valence-corrected chi connectivity index (χ4v) is 3.63. The lowest BCUT2D eigenvalue weighted by Crippen LogP contribution is -2.48. The van der Waals surface area contributed by atoms with Crippen LogP contribution in [0.4, 0.5) is 4.79 Å². The number of amides is 3. The maximum atomic E-state index is 12.1. The van der Waals surface area contributed by atoms with Gasteiger partial charge in [0.2, 0.25) is 11.8 Å². The zero-order valence-corrected chi connectivity index (χ0v) is 18.0. The van der Waals surface area contributed by atoms with Gasteiger partial charge in [0.1, 0.15) is 13.2 Å². The number of methoxy groups -OCH3 is 1. The molecule has 1 aliphatic carbocycles. The Balaban J connectivity index is 1.42. The monoisotopic (exact) mass is 455 g/mol. The average Bonchev–Trinajstić information content (AvgIpc) is 3.13. The van der Waals surface area contributed by atoms with Crippen molar-refractivity contribution in [3.8, 4) is 11.1 Å². The molecule has 0 saturated heterocycles. The van der Waals surface area contributed by atoms with Crippen molar-refractivity contribution in [1.29, 1.82) is 0 Å². The summed E-state index contributed by atoms with van der Waals surface area (Å²) in [7, 11) is 1.30. The first kappa shape index (κ1) is 23.7. The molecule has 10 nitrogen and oxygen atoms in total. The summed E-state index contributed by atoms with van der Waals surface area (Å²) in [6.07, 6.45) is -0.762. The van der Waals surface area contributed by atoms with Crippen molar-refractivity contribution < 1.29 is 33.8 Å². The second kappa shape index (κ2) is 11.1. The molecule has 33 heavy (non-hydrogen) atoms. The van der Waals surface area contributed by atoms with Gasteiger partial charge in [-0.15, -0.1) is 0 Å². The molecule has 3 rings (SSSR count). The minimum Gasteiger partial charge on any atom is -0.480 e.